The van der Waals surface area contributed by atoms with Gasteiger partial charge in [-0.15, -0.1) is 11.3 Å². The lowest BCUT2D eigenvalue weighted by atomic mass is 9.95. The number of likely N-dealkylation sites (tertiary alicyclic amines) is 1. The second kappa shape index (κ2) is 5.81. The summed E-state index contributed by atoms with van der Waals surface area (Å²) in [6.07, 6.45) is 3.74. The summed E-state index contributed by atoms with van der Waals surface area (Å²) in [7, 11) is 0. The van der Waals surface area contributed by atoms with Crippen molar-refractivity contribution in [2.24, 2.45) is 5.73 Å². The number of piperidine rings is 1. The maximum absolute atomic E-state index is 12.4. The molecule has 0 unspecified atom stereocenters. The van der Waals surface area contributed by atoms with Gasteiger partial charge in [-0.25, -0.2) is 0 Å². The maximum Gasteiger partial charge on any atom is 0.264 e. The third-order valence-corrected chi connectivity index (χ3v) is 6.69. The molecule has 1 fully saturated rings. The van der Waals surface area contributed by atoms with Gasteiger partial charge < -0.3 is 10.6 Å². The minimum atomic E-state index is -0.128. The van der Waals surface area contributed by atoms with Crippen molar-refractivity contribution in [2.45, 2.75) is 24.5 Å². The molecule has 2 N–H and O–H groups in total. The van der Waals surface area contributed by atoms with Crippen molar-refractivity contribution in [1.82, 2.24) is 4.90 Å². The molecule has 2 rings (SSSR count). The van der Waals surface area contributed by atoms with Crippen LogP contribution in [0.1, 0.15) is 28.1 Å². The van der Waals surface area contributed by atoms with Gasteiger partial charge in [0.05, 0.1) is 14.6 Å². The van der Waals surface area contributed by atoms with Crippen molar-refractivity contribution >= 4 is 46.2 Å². The summed E-state index contributed by atoms with van der Waals surface area (Å²) in [6, 6.07) is 1.99. The molecular formula is C13H18N2OS3. The highest BCUT2D eigenvalue weighted by molar-refractivity contribution is 8.02. The van der Waals surface area contributed by atoms with E-state index in [4.69, 9.17) is 18.0 Å². The van der Waals surface area contributed by atoms with Crippen LogP contribution in [0.4, 0.5) is 0 Å². The summed E-state index contributed by atoms with van der Waals surface area (Å²) in [4.78, 5) is 15.8. The van der Waals surface area contributed by atoms with Crippen LogP contribution >= 0.6 is 35.3 Å². The van der Waals surface area contributed by atoms with Crippen molar-refractivity contribution < 1.29 is 4.79 Å². The topological polar surface area (TPSA) is 46.3 Å². The zero-order chi connectivity index (χ0) is 14.0. The van der Waals surface area contributed by atoms with Crippen LogP contribution in [0.5, 0.6) is 0 Å². The van der Waals surface area contributed by atoms with Crippen molar-refractivity contribution in [3.05, 3.63) is 21.9 Å². The second-order valence-corrected chi connectivity index (χ2v) is 7.33. The summed E-state index contributed by atoms with van der Waals surface area (Å²) >= 11 is 8.42. The minimum Gasteiger partial charge on any atom is -0.392 e. The summed E-state index contributed by atoms with van der Waals surface area (Å²) in [6.45, 7) is 3.44. The highest BCUT2D eigenvalue weighted by Crippen LogP contribution is 2.35. The molecule has 104 valence electrons. The number of thioether (sulfide) groups is 1. The molecule has 0 spiro atoms. The number of thiophene rings is 1. The second-order valence-electron chi connectivity index (χ2n) is 4.79. The Kier molecular flexibility index (Phi) is 4.53. The van der Waals surface area contributed by atoms with Crippen LogP contribution in [0.25, 0.3) is 0 Å². The van der Waals surface area contributed by atoms with E-state index in [0.29, 0.717) is 4.99 Å². The number of rotatable bonds is 3. The molecule has 2 heterocycles. The molecule has 0 bridgehead atoms. The van der Waals surface area contributed by atoms with Crippen LogP contribution in [-0.4, -0.2) is 39.9 Å². The lowest BCUT2D eigenvalue weighted by Crippen LogP contribution is -2.50. The molecule has 6 heteroatoms. The molecule has 0 atom stereocenters. The molecule has 0 aliphatic carbocycles. The smallest absolute Gasteiger partial charge is 0.264 e. The fourth-order valence-electron chi connectivity index (χ4n) is 2.36. The molecule has 1 amide bonds. The van der Waals surface area contributed by atoms with Crippen LogP contribution in [0, 0.1) is 6.92 Å². The van der Waals surface area contributed by atoms with Gasteiger partial charge in [0, 0.05) is 13.1 Å². The predicted octanol–water partition coefficient (Wildman–Crippen LogP) is 2.68. The largest absolute Gasteiger partial charge is 0.392 e. The molecule has 0 saturated carbocycles. The fourth-order valence-corrected chi connectivity index (χ4v) is 4.50. The number of carbonyl (C=O) groups is 1. The van der Waals surface area contributed by atoms with Crippen molar-refractivity contribution in [3.8, 4) is 0 Å². The Labute approximate surface area is 127 Å². The third kappa shape index (κ3) is 2.80. The highest BCUT2D eigenvalue weighted by atomic mass is 32.2. The SMILES string of the molecule is CSC1(C(N)=S)CCN(C(=O)c2sccc2C)CC1. The number of aryl methyl sites for hydroxylation is 1. The molecule has 0 radical (unpaired) electrons. The molecule has 0 aromatic carbocycles. The number of nitrogens with two attached hydrogens (primary N) is 1. The quantitative estimate of drug-likeness (QED) is 0.871. The monoisotopic (exact) mass is 314 g/mol. The van der Waals surface area contributed by atoms with Crippen LogP contribution in [0.3, 0.4) is 0 Å². The van der Waals surface area contributed by atoms with E-state index in [1.54, 1.807) is 11.8 Å². The Morgan fingerprint density at radius 2 is 2.16 bits per heavy atom. The Balaban J connectivity index is 2.06. The van der Waals surface area contributed by atoms with E-state index in [0.717, 1.165) is 36.4 Å². The number of thiocarbonyl (C=S) groups is 1. The molecule has 1 aliphatic rings. The number of hydrogen-bond acceptors (Lipinski definition) is 4. The van der Waals surface area contributed by atoms with Crippen LogP contribution in [0.2, 0.25) is 0 Å². The number of carbonyl (C=O) groups excluding carboxylic acids is 1. The lowest BCUT2D eigenvalue weighted by molar-refractivity contribution is 0.0723. The first-order valence-electron chi connectivity index (χ1n) is 6.18. The first-order valence-corrected chi connectivity index (χ1v) is 8.70. The summed E-state index contributed by atoms with van der Waals surface area (Å²) in [5.41, 5.74) is 6.92. The Hall–Kier alpha value is -0.590. The molecule has 3 nitrogen and oxygen atoms in total. The van der Waals surface area contributed by atoms with Gasteiger partial charge in [-0.1, -0.05) is 12.2 Å². The summed E-state index contributed by atoms with van der Waals surface area (Å²) in [5.74, 6) is 0.144. The van der Waals surface area contributed by atoms with Crippen LogP contribution < -0.4 is 5.73 Å². The molecule has 1 saturated heterocycles. The normalized spacial score (nSPS) is 18.3. The van der Waals surface area contributed by atoms with Gasteiger partial charge in [0.1, 0.15) is 0 Å². The summed E-state index contributed by atoms with van der Waals surface area (Å²) in [5, 5.41) is 1.97. The predicted molar refractivity (Wildman–Crippen MR) is 87.2 cm³/mol. The fraction of sp³-hybridized carbons (Fsp3) is 0.538. The van der Waals surface area contributed by atoms with Gasteiger partial charge in [0.15, 0.2) is 0 Å². The van der Waals surface area contributed by atoms with Gasteiger partial charge in [-0.05, 0) is 43.0 Å². The van der Waals surface area contributed by atoms with Gasteiger partial charge in [0.2, 0.25) is 0 Å². The van der Waals surface area contributed by atoms with E-state index < -0.39 is 0 Å². The highest BCUT2D eigenvalue weighted by Gasteiger charge is 2.38. The molecule has 1 aromatic heterocycles. The van der Waals surface area contributed by atoms with Crippen molar-refractivity contribution in [3.63, 3.8) is 0 Å². The van der Waals surface area contributed by atoms with E-state index in [-0.39, 0.29) is 10.7 Å². The minimum absolute atomic E-state index is 0.128. The van der Waals surface area contributed by atoms with E-state index in [2.05, 4.69) is 0 Å². The van der Waals surface area contributed by atoms with Gasteiger partial charge >= 0.3 is 0 Å². The average molecular weight is 315 g/mol. The maximum atomic E-state index is 12.4. The number of nitrogens with zero attached hydrogens (tertiary/aromatic N) is 1. The van der Waals surface area contributed by atoms with Gasteiger partial charge in [-0.3, -0.25) is 4.79 Å². The van der Waals surface area contributed by atoms with Crippen molar-refractivity contribution in [2.75, 3.05) is 19.3 Å². The number of hydrogen-bond donors (Lipinski definition) is 1. The lowest BCUT2D eigenvalue weighted by Gasteiger charge is -2.40. The van der Waals surface area contributed by atoms with E-state index in [1.807, 2.05) is 29.5 Å². The zero-order valence-electron chi connectivity index (χ0n) is 11.1. The average Bonchev–Trinajstić information content (AvgIpc) is 2.84. The Morgan fingerprint density at radius 3 is 2.58 bits per heavy atom. The third-order valence-electron chi connectivity index (χ3n) is 3.75. The number of amides is 1. The standard InChI is InChI=1S/C13H18N2OS3/c1-9-3-8-19-10(9)11(16)15-6-4-13(18-2,5-7-15)12(14)17/h3,8H,4-7H2,1-2H3,(H2,14,17). The molecule has 19 heavy (non-hydrogen) atoms. The molecular weight excluding hydrogens is 296 g/mol. The zero-order valence-corrected chi connectivity index (χ0v) is 13.6. The molecule has 1 aliphatic heterocycles. The first-order chi connectivity index (χ1) is 9.00. The van der Waals surface area contributed by atoms with Gasteiger partial charge in [-0.2, -0.15) is 11.8 Å². The van der Waals surface area contributed by atoms with E-state index >= 15 is 0 Å². The van der Waals surface area contributed by atoms with E-state index in [1.165, 1.54) is 11.3 Å². The van der Waals surface area contributed by atoms with Crippen LogP contribution in [0.15, 0.2) is 11.4 Å². The van der Waals surface area contributed by atoms with Crippen molar-refractivity contribution in [1.29, 1.82) is 0 Å². The Morgan fingerprint density at radius 1 is 1.53 bits per heavy atom. The summed E-state index contributed by atoms with van der Waals surface area (Å²) < 4.78 is -0.128. The van der Waals surface area contributed by atoms with Gasteiger partial charge in [0.25, 0.3) is 5.91 Å². The molecule has 1 aromatic rings. The Bertz CT molecular complexity index is 490. The van der Waals surface area contributed by atoms with E-state index in [9.17, 15) is 4.79 Å². The van der Waals surface area contributed by atoms with Crippen LogP contribution in [-0.2, 0) is 0 Å². The first kappa shape index (κ1) is 14.8.